The molecule has 310 valence electrons. The van der Waals surface area contributed by atoms with Crippen molar-refractivity contribution in [3.63, 3.8) is 0 Å². The number of rotatable bonds is 39. The summed E-state index contributed by atoms with van der Waals surface area (Å²) >= 11 is 0. The van der Waals surface area contributed by atoms with E-state index in [9.17, 15) is 19.4 Å². The first-order chi connectivity index (χ1) is 24.9. The summed E-state index contributed by atoms with van der Waals surface area (Å²) in [6, 6.07) is -0.880. The number of nitrogens with one attached hydrogen (secondary N) is 1. The van der Waals surface area contributed by atoms with Crippen LogP contribution in [0.2, 0.25) is 0 Å². The number of hydrogen-bond acceptors (Lipinski definition) is 6. The summed E-state index contributed by atoms with van der Waals surface area (Å²) in [6.45, 7) is 6.98. The van der Waals surface area contributed by atoms with E-state index >= 15 is 0 Å². The molecule has 4 atom stereocenters. The molecule has 0 spiro atoms. The Morgan fingerprint density at radius 2 is 1.19 bits per heavy atom. The molecule has 0 aromatic carbocycles. The highest BCUT2D eigenvalue weighted by Crippen LogP contribution is 2.38. The van der Waals surface area contributed by atoms with Gasteiger partial charge in [-0.1, -0.05) is 187 Å². The van der Waals surface area contributed by atoms with Crippen LogP contribution in [0.4, 0.5) is 0 Å². The van der Waals surface area contributed by atoms with Crippen molar-refractivity contribution in [3.05, 3.63) is 12.2 Å². The number of unbranched alkanes of at least 4 members (excludes halogenated alkanes) is 23. The lowest BCUT2D eigenvalue weighted by atomic mass is 10.00. The Labute approximate surface area is 322 Å². The number of likely N-dealkylation sites (N-methyl/N-ethyl adjacent to an activating group) is 1. The Kier molecular flexibility index (Phi) is 34.2. The van der Waals surface area contributed by atoms with Gasteiger partial charge in [0.25, 0.3) is 7.82 Å². The summed E-state index contributed by atoms with van der Waals surface area (Å²) in [7, 11) is 1.27. The van der Waals surface area contributed by atoms with E-state index in [-0.39, 0.29) is 19.1 Å². The smallest absolute Gasteiger partial charge is 0.268 e. The van der Waals surface area contributed by atoms with E-state index in [1.54, 1.807) is 6.08 Å². The van der Waals surface area contributed by atoms with Gasteiger partial charge < -0.3 is 28.8 Å². The van der Waals surface area contributed by atoms with Crippen LogP contribution in [0.25, 0.3) is 0 Å². The summed E-state index contributed by atoms with van der Waals surface area (Å²) in [5.74, 6) is 0.627. The zero-order valence-corrected chi connectivity index (χ0v) is 36.1. The molecule has 0 rings (SSSR count). The third-order valence-electron chi connectivity index (χ3n) is 10.3. The molecule has 0 aliphatic rings. The zero-order valence-electron chi connectivity index (χ0n) is 35.2. The van der Waals surface area contributed by atoms with Crippen LogP contribution < -0.4 is 10.2 Å². The van der Waals surface area contributed by atoms with Gasteiger partial charge in [0.2, 0.25) is 5.91 Å². The van der Waals surface area contributed by atoms with Gasteiger partial charge in [0.15, 0.2) is 0 Å². The summed E-state index contributed by atoms with van der Waals surface area (Å²) in [4.78, 5) is 25.3. The second-order valence-corrected chi connectivity index (χ2v) is 18.1. The highest BCUT2D eigenvalue weighted by atomic mass is 31.2. The largest absolute Gasteiger partial charge is 0.756 e. The average molecular weight is 759 g/mol. The van der Waals surface area contributed by atoms with E-state index < -0.39 is 20.0 Å². The normalized spacial score (nSPS) is 15.2. The topological polar surface area (TPSA) is 108 Å². The molecule has 0 heterocycles. The average Bonchev–Trinajstić information content (AvgIpc) is 3.09. The number of aliphatic hydroxyl groups is 1. The molecule has 2 unspecified atom stereocenters. The molecule has 0 radical (unpaired) electrons. The van der Waals surface area contributed by atoms with Crippen molar-refractivity contribution in [2.45, 2.75) is 213 Å². The molecule has 0 aromatic heterocycles. The van der Waals surface area contributed by atoms with Gasteiger partial charge in [0.05, 0.1) is 39.9 Å². The third kappa shape index (κ3) is 36.2. The zero-order chi connectivity index (χ0) is 38.8. The van der Waals surface area contributed by atoms with E-state index in [1.165, 1.54) is 135 Å². The maximum atomic E-state index is 12.8. The Morgan fingerprint density at radius 3 is 1.67 bits per heavy atom. The molecule has 0 fully saturated rings. The van der Waals surface area contributed by atoms with Crippen LogP contribution in [-0.2, 0) is 18.4 Å². The minimum atomic E-state index is -4.58. The Hall–Kier alpha value is -0.760. The molecule has 9 heteroatoms. The van der Waals surface area contributed by atoms with Crippen molar-refractivity contribution in [3.8, 4) is 0 Å². The predicted molar refractivity (Wildman–Crippen MR) is 219 cm³/mol. The van der Waals surface area contributed by atoms with E-state index in [0.717, 1.165) is 44.4 Å². The fourth-order valence-corrected chi connectivity index (χ4v) is 7.09. The van der Waals surface area contributed by atoms with Crippen LogP contribution in [0.15, 0.2) is 12.2 Å². The van der Waals surface area contributed by atoms with Gasteiger partial charge in [-0.2, -0.15) is 0 Å². The van der Waals surface area contributed by atoms with Gasteiger partial charge >= 0.3 is 0 Å². The maximum absolute atomic E-state index is 12.8. The number of phosphoric acid groups is 1. The molecule has 52 heavy (non-hydrogen) atoms. The van der Waals surface area contributed by atoms with Crippen LogP contribution in [0.5, 0.6) is 0 Å². The van der Waals surface area contributed by atoms with Crippen LogP contribution in [0.1, 0.15) is 201 Å². The van der Waals surface area contributed by atoms with Crippen LogP contribution in [0.3, 0.4) is 0 Å². The van der Waals surface area contributed by atoms with E-state index in [0.29, 0.717) is 17.4 Å². The number of carbonyl (C=O) groups excluding carboxylic acids is 1. The Balaban J connectivity index is 4.37. The third-order valence-corrected chi connectivity index (χ3v) is 11.3. The fourth-order valence-electron chi connectivity index (χ4n) is 6.36. The molecule has 0 aromatic rings. The maximum Gasteiger partial charge on any atom is 0.268 e. The van der Waals surface area contributed by atoms with Crippen molar-refractivity contribution < 1.29 is 32.9 Å². The lowest BCUT2D eigenvalue weighted by molar-refractivity contribution is -0.870. The van der Waals surface area contributed by atoms with E-state index in [2.05, 4.69) is 26.1 Å². The highest BCUT2D eigenvalue weighted by molar-refractivity contribution is 7.45. The van der Waals surface area contributed by atoms with Gasteiger partial charge in [-0.3, -0.25) is 9.36 Å². The number of phosphoric ester groups is 1. The molecule has 2 N–H and O–H groups in total. The first-order valence-corrected chi connectivity index (χ1v) is 23.4. The first-order valence-electron chi connectivity index (χ1n) is 21.9. The fraction of sp³-hybridized carbons (Fsp3) is 0.930. The SMILES string of the molecule is CCCCCCCCCCCCCCCCCCCCC(=O)N[C@@H](COP(=O)([O-])OCC[N+](C)(C)C)[C@H](O)/C=C/CCCCCCCCC(C)CC. The Morgan fingerprint density at radius 1 is 0.731 bits per heavy atom. The van der Waals surface area contributed by atoms with Gasteiger partial charge in [0.1, 0.15) is 13.2 Å². The van der Waals surface area contributed by atoms with E-state index in [1.807, 2.05) is 27.2 Å². The number of carbonyl (C=O) groups is 1. The summed E-state index contributed by atoms with van der Waals surface area (Å²) in [6.07, 6.45) is 36.8. The predicted octanol–water partition coefficient (Wildman–Crippen LogP) is 11.2. The van der Waals surface area contributed by atoms with Crippen molar-refractivity contribution in [2.24, 2.45) is 5.92 Å². The number of hydrogen-bond donors (Lipinski definition) is 2. The second-order valence-electron chi connectivity index (χ2n) is 16.7. The van der Waals surface area contributed by atoms with Crippen molar-refractivity contribution in [1.82, 2.24) is 5.32 Å². The second kappa shape index (κ2) is 34.7. The standard InChI is InChI=1S/C43H87N2O6P/c1-7-9-10-11-12-13-14-15-16-17-18-19-20-21-22-27-30-33-36-43(47)44-41(39-51-52(48,49)50-38-37-45(4,5)6)42(46)35-32-29-26-24-23-25-28-31-34-40(3)8-2/h32,35,40-42,46H,7-31,33-34,36-39H2,1-6H3,(H-,44,47,48,49)/b35-32+/t40?,41-,42+/m0/s1. The number of nitrogens with zero attached hydrogens (tertiary/aromatic N) is 1. The molecule has 0 bridgehead atoms. The van der Waals surface area contributed by atoms with Crippen molar-refractivity contribution in [1.29, 1.82) is 0 Å². The van der Waals surface area contributed by atoms with Gasteiger partial charge in [-0.05, 0) is 25.2 Å². The van der Waals surface area contributed by atoms with Crippen molar-refractivity contribution in [2.75, 3.05) is 40.9 Å². The molecule has 8 nitrogen and oxygen atoms in total. The van der Waals surface area contributed by atoms with E-state index in [4.69, 9.17) is 9.05 Å². The molecular formula is C43H87N2O6P. The van der Waals surface area contributed by atoms with Gasteiger partial charge in [-0.25, -0.2) is 0 Å². The number of allylic oxidation sites excluding steroid dienone is 1. The molecule has 1 amide bonds. The monoisotopic (exact) mass is 759 g/mol. The number of aliphatic hydroxyl groups excluding tert-OH is 1. The molecule has 0 saturated carbocycles. The molecule has 0 aliphatic carbocycles. The lowest BCUT2D eigenvalue weighted by Gasteiger charge is -2.29. The number of amides is 1. The van der Waals surface area contributed by atoms with Crippen molar-refractivity contribution >= 4 is 13.7 Å². The van der Waals surface area contributed by atoms with Crippen LogP contribution >= 0.6 is 7.82 Å². The first kappa shape index (κ1) is 51.2. The summed E-state index contributed by atoms with van der Waals surface area (Å²) in [5, 5.41) is 13.7. The lowest BCUT2D eigenvalue weighted by Crippen LogP contribution is -2.45. The molecule has 0 saturated heterocycles. The molecule has 0 aliphatic heterocycles. The number of quaternary nitrogens is 1. The van der Waals surface area contributed by atoms with Crippen LogP contribution in [0, 0.1) is 5.92 Å². The highest BCUT2D eigenvalue weighted by Gasteiger charge is 2.23. The quantitative estimate of drug-likeness (QED) is 0.0280. The van der Waals surface area contributed by atoms with Gasteiger partial charge in [-0.15, -0.1) is 0 Å². The van der Waals surface area contributed by atoms with Gasteiger partial charge in [0, 0.05) is 6.42 Å². The molecular weight excluding hydrogens is 671 g/mol. The minimum absolute atomic E-state index is 0.000972. The van der Waals surface area contributed by atoms with Crippen LogP contribution in [-0.4, -0.2) is 68.5 Å². The summed E-state index contributed by atoms with van der Waals surface area (Å²) < 4.78 is 23.2. The summed E-state index contributed by atoms with van der Waals surface area (Å²) in [5.41, 5.74) is 0. The minimum Gasteiger partial charge on any atom is -0.756 e. The Bertz CT molecular complexity index is 880.